The Balaban J connectivity index is 1.43. The highest BCUT2D eigenvalue weighted by molar-refractivity contribution is 5.64. The average Bonchev–Trinajstić information content (AvgIpc) is 3.51. The molecule has 37 heavy (non-hydrogen) atoms. The molecule has 0 spiro atoms. The monoisotopic (exact) mass is 505 g/mol. The van der Waals surface area contributed by atoms with Gasteiger partial charge in [-0.2, -0.15) is 10.2 Å². The Kier molecular flexibility index (Phi) is 5.39. The van der Waals surface area contributed by atoms with Gasteiger partial charge < -0.3 is 10.2 Å². The van der Waals surface area contributed by atoms with Gasteiger partial charge in [-0.3, -0.25) is 10.1 Å². The van der Waals surface area contributed by atoms with Crippen LogP contribution < -0.4 is 0 Å². The summed E-state index contributed by atoms with van der Waals surface area (Å²) in [6.07, 6.45) is 4.10. The van der Waals surface area contributed by atoms with Gasteiger partial charge in [0.25, 0.3) is 0 Å². The molecule has 2 aliphatic carbocycles. The lowest BCUT2D eigenvalue weighted by atomic mass is 9.66. The third kappa shape index (κ3) is 3.41. The summed E-state index contributed by atoms with van der Waals surface area (Å²) in [5.74, 6) is -0.499. The number of fused-ring (bicyclic) bond motifs is 5. The van der Waals surface area contributed by atoms with Gasteiger partial charge in [-0.25, -0.2) is 18.7 Å². The van der Waals surface area contributed by atoms with E-state index >= 15 is 0 Å². The Labute approximate surface area is 211 Å². The van der Waals surface area contributed by atoms with Crippen molar-refractivity contribution in [1.82, 2.24) is 35.3 Å². The van der Waals surface area contributed by atoms with E-state index in [1.807, 2.05) is 0 Å². The third-order valence-corrected chi connectivity index (χ3v) is 8.08. The molecule has 3 heterocycles. The summed E-state index contributed by atoms with van der Waals surface area (Å²) in [7, 11) is 0. The zero-order chi connectivity index (χ0) is 25.9. The lowest BCUT2D eigenvalue weighted by molar-refractivity contribution is 0.0939. The van der Waals surface area contributed by atoms with E-state index in [1.54, 1.807) is 18.5 Å². The standard InChI is InChI=1S/C26H25F2N7O2/c1-25(2)15-6-7-26(25,23-14(15)9-18(32-34-23)22-16(27)4-3-5-17(22)28)20-11-29-10-19(30-20)24-31-21(33-35-24)8-13(37)12-36/h3-5,9-11,13,15,36-37H,6-8,12H2,1-2H3,(H,31,33,35)/t13-,15-,26?/m0/s1. The maximum absolute atomic E-state index is 14.5. The second-order valence-electron chi connectivity index (χ2n) is 10.3. The second kappa shape index (κ2) is 8.42. The number of rotatable bonds is 6. The molecule has 190 valence electrons. The SMILES string of the molecule is CC1(C)[C@H]2CCC1(c1cncc(-c3nc(C[C@H](O)CO)n[nH]3)n1)c1nnc(-c3c(F)cccc3F)cc12. The molecule has 1 saturated carbocycles. The predicted octanol–water partition coefficient (Wildman–Crippen LogP) is 3.10. The first-order chi connectivity index (χ1) is 17.8. The Bertz CT molecular complexity index is 1490. The van der Waals surface area contributed by atoms with Gasteiger partial charge in [0.2, 0.25) is 0 Å². The van der Waals surface area contributed by atoms with Crippen LogP contribution in [0.2, 0.25) is 0 Å². The number of aliphatic hydroxyl groups excluding tert-OH is 2. The summed E-state index contributed by atoms with van der Waals surface area (Å²) in [6, 6.07) is 5.52. The van der Waals surface area contributed by atoms with Crippen LogP contribution in [0, 0.1) is 17.0 Å². The molecule has 0 saturated heterocycles. The minimum absolute atomic E-state index is 0.104. The summed E-state index contributed by atoms with van der Waals surface area (Å²) in [5.41, 5.74) is 1.97. The van der Waals surface area contributed by atoms with E-state index in [0.717, 1.165) is 24.1 Å². The maximum atomic E-state index is 14.5. The Morgan fingerprint density at radius 3 is 2.65 bits per heavy atom. The number of aromatic amines is 1. The number of H-pyrrole nitrogens is 1. The smallest absolute Gasteiger partial charge is 0.176 e. The molecule has 6 rings (SSSR count). The van der Waals surface area contributed by atoms with Crippen LogP contribution in [0.3, 0.4) is 0 Å². The van der Waals surface area contributed by atoms with E-state index in [-0.39, 0.29) is 35.6 Å². The second-order valence-corrected chi connectivity index (χ2v) is 10.3. The minimum atomic E-state index is -0.951. The molecule has 11 heteroatoms. The summed E-state index contributed by atoms with van der Waals surface area (Å²) in [4.78, 5) is 13.8. The molecular formula is C26H25F2N7O2. The number of hydrogen-bond acceptors (Lipinski definition) is 8. The first-order valence-electron chi connectivity index (χ1n) is 12.1. The highest BCUT2D eigenvalue weighted by Gasteiger charge is 2.65. The number of hydrogen-bond donors (Lipinski definition) is 3. The molecule has 2 aliphatic rings. The van der Waals surface area contributed by atoms with Crippen molar-refractivity contribution >= 4 is 0 Å². The average molecular weight is 506 g/mol. The molecule has 3 N–H and O–H groups in total. The normalized spacial score (nSPS) is 22.3. The van der Waals surface area contributed by atoms with E-state index < -0.39 is 23.2 Å². The van der Waals surface area contributed by atoms with E-state index in [4.69, 9.17) is 10.1 Å². The Morgan fingerprint density at radius 2 is 1.89 bits per heavy atom. The van der Waals surface area contributed by atoms with Gasteiger partial charge in [0.05, 0.1) is 47.0 Å². The fourth-order valence-corrected chi connectivity index (χ4v) is 6.22. The van der Waals surface area contributed by atoms with Gasteiger partial charge in [0.1, 0.15) is 17.3 Å². The molecule has 1 aromatic carbocycles. The molecule has 9 nitrogen and oxygen atoms in total. The van der Waals surface area contributed by atoms with E-state index in [2.05, 4.69) is 44.2 Å². The largest absolute Gasteiger partial charge is 0.394 e. The van der Waals surface area contributed by atoms with Crippen LogP contribution in [0.1, 0.15) is 55.4 Å². The van der Waals surface area contributed by atoms with Crippen LogP contribution >= 0.6 is 0 Å². The molecule has 3 atom stereocenters. The number of nitrogens with one attached hydrogen (secondary N) is 1. The zero-order valence-corrected chi connectivity index (χ0v) is 20.3. The fraction of sp³-hybridized carbons (Fsp3) is 0.385. The quantitative estimate of drug-likeness (QED) is 0.364. The van der Waals surface area contributed by atoms with Crippen LogP contribution in [-0.4, -0.2) is 58.3 Å². The van der Waals surface area contributed by atoms with Gasteiger partial charge in [0, 0.05) is 12.6 Å². The highest BCUT2D eigenvalue weighted by Crippen LogP contribution is 2.69. The fourth-order valence-electron chi connectivity index (χ4n) is 6.22. The first kappa shape index (κ1) is 23.7. The molecule has 0 amide bonds. The van der Waals surface area contributed by atoms with Crippen molar-refractivity contribution in [3.63, 3.8) is 0 Å². The van der Waals surface area contributed by atoms with Crippen LogP contribution in [0.15, 0.2) is 36.7 Å². The van der Waals surface area contributed by atoms with Crippen LogP contribution in [0.5, 0.6) is 0 Å². The van der Waals surface area contributed by atoms with Crippen molar-refractivity contribution in [2.24, 2.45) is 5.41 Å². The molecule has 4 aromatic rings. The van der Waals surface area contributed by atoms with Crippen molar-refractivity contribution in [2.75, 3.05) is 6.61 Å². The molecule has 0 radical (unpaired) electrons. The molecule has 0 aliphatic heterocycles. The van der Waals surface area contributed by atoms with Gasteiger partial charge in [-0.1, -0.05) is 19.9 Å². The number of halogens is 2. The van der Waals surface area contributed by atoms with Crippen LogP contribution in [0.4, 0.5) is 8.78 Å². The summed E-state index contributed by atoms with van der Waals surface area (Å²) in [5, 5.41) is 34.5. The van der Waals surface area contributed by atoms with Gasteiger partial charge in [-0.05, 0) is 47.9 Å². The van der Waals surface area contributed by atoms with Crippen molar-refractivity contribution in [3.8, 4) is 22.8 Å². The molecular weight excluding hydrogens is 480 g/mol. The highest BCUT2D eigenvalue weighted by atomic mass is 19.1. The molecule has 2 bridgehead atoms. The molecule has 1 fully saturated rings. The lowest BCUT2D eigenvalue weighted by Crippen LogP contribution is -2.38. The van der Waals surface area contributed by atoms with E-state index in [9.17, 15) is 13.9 Å². The van der Waals surface area contributed by atoms with E-state index in [0.29, 0.717) is 23.0 Å². The Hall–Kier alpha value is -3.70. The van der Waals surface area contributed by atoms with Crippen LogP contribution in [-0.2, 0) is 11.8 Å². The number of aromatic nitrogens is 7. The summed E-state index contributed by atoms with van der Waals surface area (Å²) < 4.78 is 29.0. The van der Waals surface area contributed by atoms with Crippen LogP contribution in [0.25, 0.3) is 22.8 Å². The first-order valence-corrected chi connectivity index (χ1v) is 12.1. The predicted molar refractivity (Wildman–Crippen MR) is 128 cm³/mol. The molecule has 1 unspecified atom stereocenters. The Morgan fingerprint density at radius 1 is 1.11 bits per heavy atom. The van der Waals surface area contributed by atoms with Crippen molar-refractivity contribution in [3.05, 3.63) is 71.1 Å². The topological polar surface area (TPSA) is 134 Å². The van der Waals surface area contributed by atoms with Gasteiger partial charge in [-0.15, -0.1) is 5.10 Å². The van der Waals surface area contributed by atoms with Crippen molar-refractivity contribution < 1.29 is 19.0 Å². The third-order valence-electron chi connectivity index (χ3n) is 8.08. The zero-order valence-electron chi connectivity index (χ0n) is 20.3. The number of benzene rings is 1. The summed E-state index contributed by atoms with van der Waals surface area (Å²) in [6.45, 7) is 3.93. The number of aliphatic hydroxyl groups is 2. The van der Waals surface area contributed by atoms with Crippen molar-refractivity contribution in [1.29, 1.82) is 0 Å². The lowest BCUT2D eigenvalue weighted by Gasteiger charge is -2.37. The number of nitrogens with zero attached hydrogens (tertiary/aromatic N) is 6. The van der Waals surface area contributed by atoms with Gasteiger partial charge in [0.15, 0.2) is 11.6 Å². The minimum Gasteiger partial charge on any atom is -0.394 e. The van der Waals surface area contributed by atoms with E-state index in [1.165, 1.54) is 18.2 Å². The van der Waals surface area contributed by atoms with Gasteiger partial charge >= 0.3 is 0 Å². The van der Waals surface area contributed by atoms with Crippen molar-refractivity contribution in [2.45, 2.75) is 50.5 Å². The maximum Gasteiger partial charge on any atom is 0.176 e. The molecule has 3 aromatic heterocycles. The summed E-state index contributed by atoms with van der Waals surface area (Å²) >= 11 is 0.